The van der Waals surface area contributed by atoms with E-state index in [1.54, 1.807) is 0 Å². The first kappa shape index (κ1) is 20.4. The lowest BCUT2D eigenvalue weighted by molar-refractivity contribution is -0.120. The number of amides is 3. The quantitative estimate of drug-likeness (QED) is 0.724. The van der Waals surface area contributed by atoms with Crippen molar-refractivity contribution in [3.63, 3.8) is 0 Å². The summed E-state index contributed by atoms with van der Waals surface area (Å²) in [5, 5.41) is 8.35. The number of piperidine rings is 1. The van der Waals surface area contributed by atoms with Gasteiger partial charge in [0.15, 0.2) is 0 Å². The number of rotatable bonds is 6. The van der Waals surface area contributed by atoms with Crippen LogP contribution in [-0.2, 0) is 11.3 Å². The zero-order chi connectivity index (χ0) is 16.5. The highest BCUT2D eigenvalue weighted by atomic mass is 35.5. The van der Waals surface area contributed by atoms with E-state index in [4.69, 9.17) is 0 Å². The highest BCUT2D eigenvalue weighted by Crippen LogP contribution is 2.09. The third-order valence-corrected chi connectivity index (χ3v) is 4.12. The molecular formula is C17H27ClN4O2. The third kappa shape index (κ3) is 7.29. The maximum Gasteiger partial charge on any atom is 0.321 e. The van der Waals surface area contributed by atoms with Crippen molar-refractivity contribution in [2.45, 2.75) is 31.8 Å². The second kappa shape index (κ2) is 11.0. The molecule has 3 amide bonds. The van der Waals surface area contributed by atoms with Crippen molar-refractivity contribution in [1.82, 2.24) is 20.9 Å². The molecule has 1 aliphatic heterocycles. The standard InChI is InChI=1S/C17H26N4O2.ClH/c1-18-15-8-5-10-21(13-15)11-9-16(22)20-17(23)19-12-14-6-3-2-4-7-14;/h2-4,6-7,15,18H,5,8-13H2,1H3,(H2,19,20,22,23);1H. The zero-order valence-corrected chi connectivity index (χ0v) is 14.9. The van der Waals surface area contributed by atoms with Crippen LogP contribution in [0.3, 0.4) is 0 Å². The van der Waals surface area contributed by atoms with Gasteiger partial charge < -0.3 is 15.5 Å². The highest BCUT2D eigenvalue weighted by Gasteiger charge is 2.19. The lowest BCUT2D eigenvalue weighted by Crippen LogP contribution is -2.46. The number of hydrogen-bond acceptors (Lipinski definition) is 4. The first-order valence-electron chi connectivity index (χ1n) is 8.18. The lowest BCUT2D eigenvalue weighted by Gasteiger charge is -2.32. The van der Waals surface area contributed by atoms with E-state index in [1.807, 2.05) is 37.4 Å². The SMILES string of the molecule is CNC1CCCN(CCC(=O)NC(=O)NCc2ccccc2)C1.Cl. The first-order chi connectivity index (χ1) is 11.2. The van der Waals surface area contributed by atoms with Crippen LogP contribution in [0.4, 0.5) is 4.79 Å². The monoisotopic (exact) mass is 354 g/mol. The molecule has 1 aliphatic rings. The van der Waals surface area contributed by atoms with Gasteiger partial charge in [-0.15, -0.1) is 12.4 Å². The maximum absolute atomic E-state index is 11.8. The molecule has 1 atom stereocenters. The summed E-state index contributed by atoms with van der Waals surface area (Å²) in [7, 11) is 1.97. The van der Waals surface area contributed by atoms with E-state index in [1.165, 1.54) is 6.42 Å². The van der Waals surface area contributed by atoms with E-state index >= 15 is 0 Å². The Morgan fingerprint density at radius 3 is 2.71 bits per heavy atom. The molecule has 134 valence electrons. The van der Waals surface area contributed by atoms with Crippen LogP contribution in [0.15, 0.2) is 30.3 Å². The van der Waals surface area contributed by atoms with Gasteiger partial charge in [0, 0.05) is 32.1 Å². The fourth-order valence-corrected chi connectivity index (χ4v) is 2.77. The van der Waals surface area contributed by atoms with Crippen LogP contribution in [0.2, 0.25) is 0 Å². The molecule has 3 N–H and O–H groups in total. The Kier molecular flexibility index (Phi) is 9.37. The number of benzene rings is 1. The Morgan fingerprint density at radius 1 is 1.25 bits per heavy atom. The summed E-state index contributed by atoms with van der Waals surface area (Å²) in [4.78, 5) is 25.8. The number of urea groups is 1. The Hall–Kier alpha value is -1.63. The van der Waals surface area contributed by atoms with Crippen LogP contribution >= 0.6 is 12.4 Å². The average molecular weight is 355 g/mol. The minimum absolute atomic E-state index is 0. The van der Waals surface area contributed by atoms with Crippen molar-refractivity contribution >= 4 is 24.3 Å². The number of likely N-dealkylation sites (tertiary alicyclic amines) is 1. The molecule has 0 spiro atoms. The van der Waals surface area contributed by atoms with Gasteiger partial charge in [-0.3, -0.25) is 10.1 Å². The van der Waals surface area contributed by atoms with Gasteiger partial charge in [0.1, 0.15) is 0 Å². The molecule has 0 radical (unpaired) electrons. The number of carbonyl (C=O) groups excluding carboxylic acids is 2. The average Bonchev–Trinajstić information content (AvgIpc) is 2.59. The van der Waals surface area contributed by atoms with Crippen molar-refractivity contribution < 1.29 is 9.59 Å². The van der Waals surface area contributed by atoms with Gasteiger partial charge in [-0.2, -0.15) is 0 Å². The van der Waals surface area contributed by atoms with Crippen LogP contribution in [0.5, 0.6) is 0 Å². The van der Waals surface area contributed by atoms with Gasteiger partial charge in [0.05, 0.1) is 0 Å². The third-order valence-electron chi connectivity index (χ3n) is 4.12. The number of likely N-dealkylation sites (N-methyl/N-ethyl adjacent to an activating group) is 1. The second-order valence-electron chi connectivity index (χ2n) is 5.89. The summed E-state index contributed by atoms with van der Waals surface area (Å²) in [5.74, 6) is -0.234. The summed E-state index contributed by atoms with van der Waals surface area (Å²) >= 11 is 0. The molecule has 6 nitrogen and oxygen atoms in total. The number of imide groups is 1. The number of carbonyl (C=O) groups is 2. The Labute approximate surface area is 149 Å². The molecule has 1 unspecified atom stereocenters. The zero-order valence-electron chi connectivity index (χ0n) is 14.1. The fraction of sp³-hybridized carbons (Fsp3) is 0.529. The van der Waals surface area contributed by atoms with Crippen LogP contribution in [0.1, 0.15) is 24.8 Å². The number of halogens is 1. The molecule has 1 aromatic rings. The molecular weight excluding hydrogens is 328 g/mol. The molecule has 0 bridgehead atoms. The predicted molar refractivity (Wildman–Crippen MR) is 97.2 cm³/mol. The van der Waals surface area contributed by atoms with Crippen molar-refractivity contribution in [2.24, 2.45) is 0 Å². The maximum atomic E-state index is 11.8. The second-order valence-corrected chi connectivity index (χ2v) is 5.89. The molecule has 24 heavy (non-hydrogen) atoms. The summed E-state index contributed by atoms with van der Waals surface area (Å²) in [6, 6.07) is 9.67. The van der Waals surface area contributed by atoms with Gasteiger partial charge in [0.2, 0.25) is 5.91 Å². The van der Waals surface area contributed by atoms with E-state index in [0.717, 1.165) is 25.1 Å². The Bertz CT molecular complexity index is 513. The van der Waals surface area contributed by atoms with Gasteiger partial charge in [0.25, 0.3) is 0 Å². The molecule has 0 saturated carbocycles. The van der Waals surface area contributed by atoms with Gasteiger partial charge in [-0.25, -0.2) is 4.79 Å². The fourth-order valence-electron chi connectivity index (χ4n) is 2.77. The lowest BCUT2D eigenvalue weighted by atomic mass is 10.1. The smallest absolute Gasteiger partial charge is 0.321 e. The largest absolute Gasteiger partial charge is 0.334 e. The minimum atomic E-state index is -0.439. The summed E-state index contributed by atoms with van der Waals surface area (Å²) in [6.45, 7) is 3.08. The van der Waals surface area contributed by atoms with Gasteiger partial charge in [-0.05, 0) is 32.0 Å². The molecule has 0 aromatic heterocycles. The van der Waals surface area contributed by atoms with Crippen LogP contribution in [0, 0.1) is 0 Å². The van der Waals surface area contributed by atoms with E-state index in [0.29, 0.717) is 25.6 Å². The summed E-state index contributed by atoms with van der Waals surface area (Å²) in [6.07, 6.45) is 2.67. The van der Waals surface area contributed by atoms with Crippen LogP contribution in [-0.4, -0.2) is 49.6 Å². The van der Waals surface area contributed by atoms with Crippen LogP contribution in [0.25, 0.3) is 0 Å². The molecule has 1 heterocycles. The van der Waals surface area contributed by atoms with Gasteiger partial charge in [-0.1, -0.05) is 30.3 Å². The number of hydrogen-bond donors (Lipinski definition) is 3. The van der Waals surface area contributed by atoms with Crippen molar-refractivity contribution in [1.29, 1.82) is 0 Å². The minimum Gasteiger partial charge on any atom is -0.334 e. The molecule has 1 fully saturated rings. The molecule has 7 heteroatoms. The number of nitrogens with one attached hydrogen (secondary N) is 3. The summed E-state index contributed by atoms with van der Waals surface area (Å²) < 4.78 is 0. The topological polar surface area (TPSA) is 73.5 Å². The molecule has 2 rings (SSSR count). The summed E-state index contributed by atoms with van der Waals surface area (Å²) in [5.41, 5.74) is 1.00. The van der Waals surface area contributed by atoms with E-state index in [-0.39, 0.29) is 18.3 Å². The molecule has 1 saturated heterocycles. The first-order valence-corrected chi connectivity index (χ1v) is 8.18. The molecule has 0 aliphatic carbocycles. The highest BCUT2D eigenvalue weighted by molar-refractivity contribution is 5.94. The van der Waals surface area contributed by atoms with Crippen molar-refractivity contribution in [3.05, 3.63) is 35.9 Å². The van der Waals surface area contributed by atoms with E-state index in [2.05, 4.69) is 20.9 Å². The Morgan fingerprint density at radius 2 is 2.00 bits per heavy atom. The van der Waals surface area contributed by atoms with Crippen LogP contribution < -0.4 is 16.0 Å². The normalized spacial score (nSPS) is 17.6. The Balaban J connectivity index is 0.00000288. The predicted octanol–water partition coefficient (Wildman–Crippen LogP) is 1.51. The van der Waals surface area contributed by atoms with Gasteiger partial charge >= 0.3 is 6.03 Å². The molecule has 1 aromatic carbocycles. The van der Waals surface area contributed by atoms with Crippen molar-refractivity contribution in [2.75, 3.05) is 26.7 Å². The van der Waals surface area contributed by atoms with Crippen molar-refractivity contribution in [3.8, 4) is 0 Å². The number of nitrogens with zero attached hydrogens (tertiary/aromatic N) is 1. The van der Waals surface area contributed by atoms with E-state index in [9.17, 15) is 9.59 Å². The van der Waals surface area contributed by atoms with E-state index < -0.39 is 6.03 Å².